The van der Waals surface area contributed by atoms with Gasteiger partial charge in [-0.05, 0) is 32.0 Å². The Hall–Kier alpha value is -3.39. The minimum Gasteiger partial charge on any atom is -0.481 e. The molecule has 2 aromatic heterocycles. The molecule has 0 radical (unpaired) electrons. The fraction of sp³-hybridized carbons (Fsp3) is 0.593. The maximum absolute atomic E-state index is 10.3. The summed E-state index contributed by atoms with van der Waals surface area (Å²) < 4.78 is 11.2. The Morgan fingerprint density at radius 2 is 1.62 bits per heavy atom. The Morgan fingerprint density at radius 1 is 1.02 bits per heavy atom. The van der Waals surface area contributed by atoms with Crippen molar-refractivity contribution in [1.29, 1.82) is 0 Å². The number of hydrogen-bond acceptors (Lipinski definition) is 10. The number of morpholine rings is 1. The van der Waals surface area contributed by atoms with E-state index < -0.39 is 36.4 Å². The van der Waals surface area contributed by atoms with Crippen LogP contribution in [0.15, 0.2) is 28.9 Å². The first-order valence-corrected chi connectivity index (χ1v) is 13.2. The number of rotatable bonds is 14. The van der Waals surface area contributed by atoms with Gasteiger partial charge in [-0.15, -0.1) is 0 Å². The van der Waals surface area contributed by atoms with E-state index in [2.05, 4.69) is 39.7 Å². The van der Waals surface area contributed by atoms with Gasteiger partial charge in [0.05, 0.1) is 32.6 Å². The van der Waals surface area contributed by atoms with Gasteiger partial charge in [0.1, 0.15) is 17.3 Å². The van der Waals surface area contributed by atoms with Gasteiger partial charge in [0.2, 0.25) is 0 Å². The second-order valence-corrected chi connectivity index (χ2v) is 10.1. The first-order valence-electron chi connectivity index (χ1n) is 13.2. The van der Waals surface area contributed by atoms with E-state index in [0.29, 0.717) is 5.92 Å². The summed E-state index contributed by atoms with van der Waals surface area (Å²) >= 11 is 0. The third kappa shape index (κ3) is 11.8. The van der Waals surface area contributed by atoms with Gasteiger partial charge in [-0.1, -0.05) is 13.8 Å². The van der Waals surface area contributed by atoms with E-state index in [1.54, 1.807) is 0 Å². The minimum absolute atomic E-state index is 0.356. The summed E-state index contributed by atoms with van der Waals surface area (Å²) in [6.07, 6.45) is 2.77. The average Bonchev–Trinajstić information content (AvgIpc) is 3.28. The molecule has 13 heteroatoms. The quantitative estimate of drug-likeness (QED) is 0.261. The molecular weight excluding hydrogens is 524 g/mol. The molecule has 1 fully saturated rings. The van der Waals surface area contributed by atoms with Crippen LogP contribution in [0.1, 0.15) is 61.9 Å². The first-order chi connectivity index (χ1) is 18.9. The topological polar surface area (TPSA) is 187 Å². The molecule has 0 amide bonds. The van der Waals surface area contributed by atoms with Gasteiger partial charge in [-0.3, -0.25) is 19.4 Å². The molecule has 0 aliphatic carbocycles. The number of ether oxygens (including phenoxy) is 1. The fourth-order valence-electron chi connectivity index (χ4n) is 4.06. The highest BCUT2D eigenvalue weighted by molar-refractivity contribution is 5.88. The standard InChI is InChI=1S/C21H32N4O2.C6H8O7/c1-17(2)21-22-13-19(14-23-21)15-25(16-20-6-5-18(3)27-20)8-4-7-24-9-11-26-12-10-24;7-3(8)1-6(13,5(11)12)2-4(9)10/h5-6,13-14,17H,4,7-12,15-16H2,1-3H3;13H,1-2H2,(H,7,8)(H,9,10)(H,11,12). The summed E-state index contributed by atoms with van der Waals surface area (Å²) in [5.41, 5.74) is -1.59. The lowest BCUT2D eigenvalue weighted by molar-refractivity contribution is -0.170. The smallest absolute Gasteiger partial charge is 0.336 e. The molecule has 1 aliphatic heterocycles. The van der Waals surface area contributed by atoms with Crippen LogP contribution in [0.5, 0.6) is 0 Å². The largest absolute Gasteiger partial charge is 0.481 e. The van der Waals surface area contributed by atoms with Crippen molar-refractivity contribution in [1.82, 2.24) is 19.8 Å². The number of nitrogens with zero attached hydrogens (tertiary/aromatic N) is 4. The zero-order chi connectivity index (χ0) is 29.7. The van der Waals surface area contributed by atoms with Crippen LogP contribution in [-0.2, 0) is 32.2 Å². The molecule has 3 heterocycles. The molecule has 0 saturated carbocycles. The normalized spacial score (nSPS) is 14.2. The summed E-state index contributed by atoms with van der Waals surface area (Å²) in [4.78, 5) is 44.4. The highest BCUT2D eigenvalue weighted by Gasteiger charge is 2.40. The number of aliphatic hydroxyl groups is 1. The van der Waals surface area contributed by atoms with Crippen molar-refractivity contribution in [3.8, 4) is 0 Å². The molecule has 1 aliphatic rings. The number of carbonyl (C=O) groups is 3. The van der Waals surface area contributed by atoms with Crippen molar-refractivity contribution in [3.63, 3.8) is 0 Å². The molecule has 0 spiro atoms. The van der Waals surface area contributed by atoms with E-state index in [4.69, 9.17) is 29.6 Å². The summed E-state index contributed by atoms with van der Waals surface area (Å²) in [6.45, 7) is 13.8. The molecule has 4 N–H and O–H groups in total. The zero-order valence-corrected chi connectivity index (χ0v) is 23.3. The van der Waals surface area contributed by atoms with Crippen LogP contribution >= 0.6 is 0 Å². The summed E-state index contributed by atoms with van der Waals surface area (Å²) in [6, 6.07) is 4.10. The SMILES string of the molecule is Cc1ccc(CN(CCCN2CCOCC2)Cc2cnc(C(C)C)nc2)o1.O=C(O)CC(O)(CC(=O)O)C(=O)O. The van der Waals surface area contributed by atoms with Gasteiger partial charge in [0.25, 0.3) is 0 Å². The Morgan fingerprint density at radius 3 is 2.10 bits per heavy atom. The lowest BCUT2D eigenvalue weighted by atomic mass is 9.96. The van der Waals surface area contributed by atoms with Crippen molar-refractivity contribution in [2.75, 3.05) is 39.4 Å². The van der Waals surface area contributed by atoms with Crippen LogP contribution in [0.3, 0.4) is 0 Å². The van der Waals surface area contributed by atoms with Crippen LogP contribution in [0.2, 0.25) is 0 Å². The van der Waals surface area contributed by atoms with Crippen molar-refractivity contribution in [2.45, 2.75) is 64.6 Å². The van der Waals surface area contributed by atoms with Crippen molar-refractivity contribution < 1.29 is 44.0 Å². The minimum atomic E-state index is -2.74. The van der Waals surface area contributed by atoms with Gasteiger partial charge in [-0.2, -0.15) is 0 Å². The number of carboxylic acid groups (broad SMARTS) is 3. The summed E-state index contributed by atoms with van der Waals surface area (Å²) in [5.74, 6) is -1.79. The third-order valence-corrected chi connectivity index (χ3v) is 6.16. The third-order valence-electron chi connectivity index (χ3n) is 6.16. The predicted molar refractivity (Wildman–Crippen MR) is 143 cm³/mol. The zero-order valence-electron chi connectivity index (χ0n) is 23.3. The van der Waals surface area contributed by atoms with Crippen LogP contribution in [0, 0.1) is 6.92 Å². The van der Waals surface area contributed by atoms with E-state index >= 15 is 0 Å². The van der Waals surface area contributed by atoms with Crippen LogP contribution in [-0.4, -0.2) is 103 Å². The Bertz CT molecular complexity index is 1070. The molecule has 222 valence electrons. The van der Waals surface area contributed by atoms with Crippen LogP contribution in [0.25, 0.3) is 0 Å². The molecule has 40 heavy (non-hydrogen) atoms. The summed E-state index contributed by atoms with van der Waals surface area (Å²) in [5, 5.41) is 33.8. The number of carboxylic acids is 3. The fourth-order valence-corrected chi connectivity index (χ4v) is 4.06. The Labute approximate surface area is 233 Å². The summed E-state index contributed by atoms with van der Waals surface area (Å²) in [7, 11) is 0. The molecule has 2 aromatic rings. The second-order valence-electron chi connectivity index (χ2n) is 10.1. The van der Waals surface area contributed by atoms with Crippen molar-refractivity contribution in [2.24, 2.45) is 0 Å². The lowest BCUT2D eigenvalue weighted by Crippen LogP contribution is -2.42. The maximum atomic E-state index is 10.3. The molecule has 0 aromatic carbocycles. The number of aromatic nitrogens is 2. The molecule has 1 saturated heterocycles. The second kappa shape index (κ2) is 16.0. The van der Waals surface area contributed by atoms with Crippen LogP contribution in [0.4, 0.5) is 0 Å². The van der Waals surface area contributed by atoms with E-state index in [-0.39, 0.29) is 0 Å². The van der Waals surface area contributed by atoms with Crippen molar-refractivity contribution in [3.05, 3.63) is 47.4 Å². The van der Waals surface area contributed by atoms with E-state index in [1.165, 1.54) is 0 Å². The van der Waals surface area contributed by atoms with Gasteiger partial charge >= 0.3 is 17.9 Å². The van der Waals surface area contributed by atoms with Gasteiger partial charge < -0.3 is 29.6 Å². The number of aryl methyl sites for hydroxylation is 1. The van der Waals surface area contributed by atoms with Gasteiger partial charge in [0.15, 0.2) is 5.60 Å². The number of hydrogen-bond donors (Lipinski definition) is 4. The Balaban J connectivity index is 0.000000366. The highest BCUT2D eigenvalue weighted by atomic mass is 16.5. The predicted octanol–water partition coefficient (Wildman–Crippen LogP) is 1.98. The Kier molecular flexibility index (Phi) is 13.1. The maximum Gasteiger partial charge on any atom is 0.336 e. The molecule has 0 atom stereocenters. The van der Waals surface area contributed by atoms with Crippen LogP contribution < -0.4 is 0 Å². The first kappa shape index (κ1) is 32.8. The average molecular weight is 565 g/mol. The van der Waals surface area contributed by atoms with Gasteiger partial charge in [-0.25, -0.2) is 14.8 Å². The number of furan rings is 1. The highest BCUT2D eigenvalue weighted by Crippen LogP contribution is 2.16. The van der Waals surface area contributed by atoms with E-state index in [0.717, 1.165) is 81.8 Å². The molecule has 13 nitrogen and oxygen atoms in total. The van der Waals surface area contributed by atoms with Crippen molar-refractivity contribution >= 4 is 17.9 Å². The molecule has 0 unspecified atom stereocenters. The van der Waals surface area contributed by atoms with Gasteiger partial charge in [0, 0.05) is 50.1 Å². The monoisotopic (exact) mass is 564 g/mol. The number of aliphatic carboxylic acids is 3. The van der Waals surface area contributed by atoms with E-state index in [1.807, 2.05) is 25.4 Å². The van der Waals surface area contributed by atoms with E-state index in [9.17, 15) is 14.4 Å². The lowest BCUT2D eigenvalue weighted by Gasteiger charge is -2.28. The molecule has 3 rings (SSSR count). The molecular formula is C27H40N4O9. The molecule has 0 bridgehead atoms.